The summed E-state index contributed by atoms with van der Waals surface area (Å²) in [5, 5.41) is 12.0. The van der Waals surface area contributed by atoms with Crippen molar-refractivity contribution in [2.45, 2.75) is 19.4 Å². The van der Waals surface area contributed by atoms with E-state index in [0.717, 1.165) is 23.8 Å². The topological polar surface area (TPSA) is 105 Å². The molecule has 0 bridgehead atoms. The fourth-order valence-corrected chi connectivity index (χ4v) is 4.89. The van der Waals surface area contributed by atoms with Crippen molar-refractivity contribution < 1.29 is 37.7 Å². The van der Waals surface area contributed by atoms with Gasteiger partial charge in [0.05, 0.1) is 20.6 Å². The lowest BCUT2D eigenvalue weighted by Gasteiger charge is -2.24. The minimum absolute atomic E-state index is 0.00634. The first kappa shape index (κ1) is 31.7. The minimum atomic E-state index is -1.05. The molecule has 0 heterocycles. The lowest BCUT2D eigenvalue weighted by molar-refractivity contribution is -0.137. The zero-order valence-corrected chi connectivity index (χ0v) is 24.3. The van der Waals surface area contributed by atoms with Crippen molar-refractivity contribution in [2.75, 3.05) is 27.3 Å². The summed E-state index contributed by atoms with van der Waals surface area (Å²) in [6.07, 6.45) is 0.0995. The lowest BCUT2D eigenvalue weighted by atomic mass is 9.94. The molecule has 0 spiro atoms. The van der Waals surface area contributed by atoms with Gasteiger partial charge in [-0.3, -0.25) is 14.4 Å². The Hall–Kier alpha value is -5.25. The van der Waals surface area contributed by atoms with Crippen molar-refractivity contribution >= 4 is 17.8 Å². The molecule has 0 aromatic heterocycles. The van der Waals surface area contributed by atoms with Gasteiger partial charge < -0.3 is 24.8 Å². The number of halogens is 2. The molecule has 44 heavy (non-hydrogen) atoms. The molecule has 0 aliphatic rings. The summed E-state index contributed by atoms with van der Waals surface area (Å²) in [6, 6.07) is 21.8. The average molecular weight is 603 g/mol. The normalized spacial score (nSPS) is 10.6. The number of nitrogens with zero attached hydrogens (tertiary/aromatic N) is 1. The maximum atomic E-state index is 14.1. The van der Waals surface area contributed by atoms with E-state index in [1.54, 1.807) is 60.7 Å². The van der Waals surface area contributed by atoms with Gasteiger partial charge in [0.15, 0.2) is 11.5 Å². The summed E-state index contributed by atoms with van der Waals surface area (Å²) in [6.45, 7) is -0.102. The van der Waals surface area contributed by atoms with Crippen molar-refractivity contribution in [3.63, 3.8) is 0 Å². The molecular formula is C34H32F2N2O6. The van der Waals surface area contributed by atoms with Crippen LogP contribution >= 0.6 is 0 Å². The summed E-state index contributed by atoms with van der Waals surface area (Å²) in [5.41, 5.74) is 2.17. The predicted octanol–water partition coefficient (Wildman–Crippen LogP) is 5.74. The SMILES string of the molecule is COc1cccc(CCN(CCC(=O)O)C(=O)c2ccccc2-c2ccccc2C(=O)NCc2cc(F)ccc2F)c1OC. The van der Waals surface area contributed by atoms with Crippen molar-refractivity contribution in [1.29, 1.82) is 0 Å². The summed E-state index contributed by atoms with van der Waals surface area (Å²) in [4.78, 5) is 40.2. The molecule has 0 saturated heterocycles. The number of para-hydroxylation sites is 1. The number of carbonyl (C=O) groups excluding carboxylic acids is 2. The molecule has 0 aliphatic carbocycles. The van der Waals surface area contributed by atoms with Crippen LogP contribution in [0.1, 0.15) is 38.3 Å². The molecule has 228 valence electrons. The number of aliphatic carboxylic acids is 1. The molecule has 0 atom stereocenters. The molecule has 0 fully saturated rings. The predicted molar refractivity (Wildman–Crippen MR) is 161 cm³/mol. The van der Waals surface area contributed by atoms with Crippen LogP contribution in [-0.4, -0.2) is 55.1 Å². The molecule has 4 aromatic rings. The number of rotatable bonds is 13. The van der Waals surface area contributed by atoms with Gasteiger partial charge in [0.25, 0.3) is 11.8 Å². The Morgan fingerprint density at radius 1 is 0.795 bits per heavy atom. The van der Waals surface area contributed by atoms with Gasteiger partial charge >= 0.3 is 5.97 Å². The van der Waals surface area contributed by atoms with Crippen LogP contribution in [0.5, 0.6) is 11.5 Å². The zero-order valence-electron chi connectivity index (χ0n) is 24.3. The fraction of sp³-hybridized carbons (Fsp3) is 0.206. The minimum Gasteiger partial charge on any atom is -0.493 e. The molecule has 4 rings (SSSR count). The van der Waals surface area contributed by atoms with Gasteiger partial charge in [0.1, 0.15) is 11.6 Å². The highest BCUT2D eigenvalue weighted by Gasteiger charge is 2.23. The van der Waals surface area contributed by atoms with Crippen LogP contribution in [0.3, 0.4) is 0 Å². The number of methoxy groups -OCH3 is 2. The Morgan fingerprint density at radius 3 is 2.16 bits per heavy atom. The molecule has 2 amide bonds. The first-order valence-electron chi connectivity index (χ1n) is 13.8. The van der Waals surface area contributed by atoms with Crippen molar-refractivity contribution in [1.82, 2.24) is 10.2 Å². The number of hydrogen-bond donors (Lipinski definition) is 2. The standard InChI is InChI=1S/C34H32F2N2O6/c1-43-30-13-7-8-22(32(30)44-2)16-18-38(19-17-31(39)40)34(42)28-12-6-4-10-26(28)25-9-3-5-11-27(25)33(41)37-21-23-20-24(35)14-15-29(23)36/h3-15,20H,16-19,21H2,1-2H3,(H,37,41)(H,39,40). The Bertz CT molecular complexity index is 1660. The molecule has 0 aliphatic heterocycles. The van der Waals surface area contributed by atoms with E-state index in [1.165, 1.54) is 19.1 Å². The summed E-state index contributed by atoms with van der Waals surface area (Å²) < 4.78 is 38.7. The average Bonchev–Trinajstić information content (AvgIpc) is 3.04. The third-order valence-electron chi connectivity index (χ3n) is 7.08. The molecule has 4 aromatic carbocycles. The molecule has 0 unspecified atom stereocenters. The number of nitrogens with one attached hydrogen (secondary N) is 1. The van der Waals surface area contributed by atoms with Gasteiger partial charge in [-0.15, -0.1) is 0 Å². The van der Waals surface area contributed by atoms with Crippen LogP contribution in [0.2, 0.25) is 0 Å². The number of carboxylic acids is 1. The van der Waals surface area contributed by atoms with E-state index < -0.39 is 29.4 Å². The van der Waals surface area contributed by atoms with Crippen LogP contribution in [0.25, 0.3) is 11.1 Å². The monoisotopic (exact) mass is 602 g/mol. The second-order valence-corrected chi connectivity index (χ2v) is 9.85. The number of hydrogen-bond acceptors (Lipinski definition) is 5. The third-order valence-corrected chi connectivity index (χ3v) is 7.08. The van der Waals surface area contributed by atoms with Crippen LogP contribution in [0, 0.1) is 11.6 Å². The van der Waals surface area contributed by atoms with Gasteiger partial charge in [-0.05, 0) is 59.5 Å². The van der Waals surface area contributed by atoms with E-state index in [1.807, 2.05) is 6.07 Å². The number of carbonyl (C=O) groups is 3. The van der Waals surface area contributed by atoms with E-state index >= 15 is 0 Å². The van der Waals surface area contributed by atoms with Gasteiger partial charge in [-0.1, -0.05) is 48.5 Å². The molecule has 2 N–H and O–H groups in total. The van der Waals surface area contributed by atoms with Crippen LogP contribution in [0.4, 0.5) is 8.78 Å². The highest BCUT2D eigenvalue weighted by Crippen LogP contribution is 2.32. The molecule has 0 saturated carbocycles. The summed E-state index contributed by atoms with van der Waals surface area (Å²) >= 11 is 0. The van der Waals surface area contributed by atoms with E-state index in [-0.39, 0.29) is 42.7 Å². The van der Waals surface area contributed by atoms with Gasteiger partial charge in [-0.2, -0.15) is 0 Å². The van der Waals surface area contributed by atoms with E-state index in [9.17, 15) is 28.3 Å². The Balaban J connectivity index is 1.63. The van der Waals surface area contributed by atoms with Crippen LogP contribution in [0.15, 0.2) is 84.9 Å². The Labute approximate surface area is 253 Å². The second-order valence-electron chi connectivity index (χ2n) is 9.85. The van der Waals surface area contributed by atoms with Crippen molar-refractivity contribution in [3.8, 4) is 22.6 Å². The van der Waals surface area contributed by atoms with Crippen LogP contribution in [-0.2, 0) is 17.8 Å². The largest absolute Gasteiger partial charge is 0.493 e. The third kappa shape index (κ3) is 7.57. The Morgan fingerprint density at radius 2 is 1.48 bits per heavy atom. The molecular weight excluding hydrogens is 570 g/mol. The highest BCUT2D eigenvalue weighted by molar-refractivity contribution is 6.06. The maximum Gasteiger partial charge on any atom is 0.305 e. The van der Waals surface area contributed by atoms with Gasteiger partial charge in [-0.25, -0.2) is 8.78 Å². The second kappa shape index (κ2) is 14.8. The van der Waals surface area contributed by atoms with Gasteiger partial charge in [0, 0.05) is 36.3 Å². The Kier molecular flexibility index (Phi) is 10.6. The number of amides is 2. The van der Waals surface area contributed by atoms with E-state index in [2.05, 4.69) is 5.32 Å². The smallest absolute Gasteiger partial charge is 0.305 e. The first-order chi connectivity index (χ1) is 21.2. The van der Waals surface area contributed by atoms with E-state index in [4.69, 9.17) is 9.47 Å². The quantitative estimate of drug-likeness (QED) is 0.202. The summed E-state index contributed by atoms with van der Waals surface area (Å²) in [5.74, 6) is -2.22. The molecule has 0 radical (unpaired) electrons. The van der Waals surface area contributed by atoms with Gasteiger partial charge in [0.2, 0.25) is 0 Å². The van der Waals surface area contributed by atoms with Crippen molar-refractivity contribution in [3.05, 3.63) is 119 Å². The molecule has 8 nitrogen and oxygen atoms in total. The van der Waals surface area contributed by atoms with Crippen LogP contribution < -0.4 is 14.8 Å². The van der Waals surface area contributed by atoms with E-state index in [0.29, 0.717) is 29.0 Å². The summed E-state index contributed by atoms with van der Waals surface area (Å²) in [7, 11) is 3.05. The highest BCUT2D eigenvalue weighted by atomic mass is 19.1. The number of benzene rings is 4. The van der Waals surface area contributed by atoms with Crippen molar-refractivity contribution in [2.24, 2.45) is 0 Å². The zero-order chi connectivity index (χ0) is 31.6. The number of carboxylic acid groups (broad SMARTS) is 1. The lowest BCUT2D eigenvalue weighted by Crippen LogP contribution is -2.35. The molecule has 10 heteroatoms. The fourth-order valence-electron chi connectivity index (χ4n) is 4.89. The maximum absolute atomic E-state index is 14.1. The number of ether oxygens (including phenoxy) is 2. The first-order valence-corrected chi connectivity index (χ1v) is 13.8.